The van der Waals surface area contributed by atoms with Gasteiger partial charge in [0.05, 0.1) is 6.10 Å². The number of rotatable bonds is 3. The zero-order chi connectivity index (χ0) is 10.7. The van der Waals surface area contributed by atoms with E-state index in [0.29, 0.717) is 5.56 Å². The van der Waals surface area contributed by atoms with Gasteiger partial charge < -0.3 is 10.2 Å². The fourth-order valence-corrected chi connectivity index (χ4v) is 1.14. The Balaban J connectivity index is 2.96. The molecule has 0 saturated heterocycles. The predicted octanol–water partition coefficient (Wildman–Crippen LogP) is 2.39. The summed E-state index contributed by atoms with van der Waals surface area (Å²) in [6.07, 6.45) is 0.803. The smallest absolute Gasteiger partial charge is 0.165 e. The van der Waals surface area contributed by atoms with Crippen LogP contribution >= 0.6 is 0 Å². The van der Waals surface area contributed by atoms with Gasteiger partial charge in [0.25, 0.3) is 0 Å². The summed E-state index contributed by atoms with van der Waals surface area (Å²) < 4.78 is 12.9. The van der Waals surface area contributed by atoms with Gasteiger partial charge in [-0.1, -0.05) is 19.1 Å². The normalized spacial score (nSPS) is 14.8. The minimum absolute atomic E-state index is 0.154. The second kappa shape index (κ2) is 4.24. The lowest BCUT2D eigenvalue weighted by Crippen LogP contribution is -2.06. The van der Waals surface area contributed by atoms with E-state index in [1.807, 2.05) is 0 Å². The van der Waals surface area contributed by atoms with Gasteiger partial charge in [0, 0.05) is 5.92 Å². The van der Waals surface area contributed by atoms with Crippen LogP contribution in [0.5, 0.6) is 5.75 Å². The number of hydrogen-bond acceptors (Lipinski definition) is 2. The first-order chi connectivity index (χ1) is 6.56. The lowest BCUT2D eigenvalue weighted by atomic mass is 9.97. The molecule has 2 N–H and O–H groups in total. The van der Waals surface area contributed by atoms with E-state index in [1.165, 1.54) is 12.1 Å². The van der Waals surface area contributed by atoms with E-state index in [-0.39, 0.29) is 5.92 Å². The Labute approximate surface area is 82.3 Å². The van der Waals surface area contributed by atoms with Crippen LogP contribution in [0.4, 0.5) is 4.39 Å². The highest BCUT2D eigenvalue weighted by atomic mass is 19.1. The summed E-state index contributed by atoms with van der Waals surface area (Å²) in [4.78, 5) is 0. The van der Waals surface area contributed by atoms with Gasteiger partial charge >= 0.3 is 0 Å². The van der Waals surface area contributed by atoms with E-state index >= 15 is 0 Å². The minimum atomic E-state index is -0.789. The molecule has 3 heteroatoms. The molecule has 0 fully saturated rings. The first-order valence-electron chi connectivity index (χ1n) is 4.35. The van der Waals surface area contributed by atoms with Crippen LogP contribution in [0.15, 0.2) is 30.9 Å². The van der Waals surface area contributed by atoms with Gasteiger partial charge in [-0.3, -0.25) is 0 Å². The number of halogens is 1. The summed E-state index contributed by atoms with van der Waals surface area (Å²) in [5.41, 5.74) is 0.438. The Morgan fingerprint density at radius 3 is 2.64 bits per heavy atom. The number of phenolic OH excluding ortho intramolecular Hbond substituents is 1. The summed E-state index contributed by atoms with van der Waals surface area (Å²) >= 11 is 0. The Morgan fingerprint density at radius 1 is 1.50 bits per heavy atom. The van der Waals surface area contributed by atoms with Gasteiger partial charge in [0.15, 0.2) is 11.6 Å². The number of hydrogen-bond donors (Lipinski definition) is 2. The molecule has 2 nitrogen and oxygen atoms in total. The van der Waals surface area contributed by atoms with Crippen molar-refractivity contribution in [3.8, 4) is 5.75 Å². The lowest BCUT2D eigenvalue weighted by Gasteiger charge is -2.15. The molecular formula is C11H13FO2. The van der Waals surface area contributed by atoms with Crippen molar-refractivity contribution in [2.45, 2.75) is 13.0 Å². The van der Waals surface area contributed by atoms with Gasteiger partial charge in [-0.2, -0.15) is 0 Å². The predicted molar refractivity (Wildman–Crippen MR) is 52.4 cm³/mol. The SMILES string of the molecule is C=C[C@H](C)[C@H](O)c1ccc(O)c(F)c1. The molecule has 0 bridgehead atoms. The molecule has 0 amide bonds. The zero-order valence-corrected chi connectivity index (χ0v) is 7.94. The van der Waals surface area contributed by atoms with Gasteiger partial charge in [-0.05, 0) is 17.7 Å². The van der Waals surface area contributed by atoms with Crippen molar-refractivity contribution >= 4 is 0 Å². The maximum atomic E-state index is 12.9. The van der Waals surface area contributed by atoms with Crippen molar-refractivity contribution in [1.29, 1.82) is 0 Å². The first-order valence-corrected chi connectivity index (χ1v) is 4.35. The molecule has 0 aliphatic rings. The van der Waals surface area contributed by atoms with E-state index < -0.39 is 17.7 Å². The maximum Gasteiger partial charge on any atom is 0.165 e. The van der Waals surface area contributed by atoms with E-state index in [0.717, 1.165) is 6.07 Å². The van der Waals surface area contributed by atoms with Crippen LogP contribution < -0.4 is 0 Å². The Morgan fingerprint density at radius 2 is 2.14 bits per heavy atom. The average molecular weight is 196 g/mol. The minimum Gasteiger partial charge on any atom is -0.505 e. The van der Waals surface area contributed by atoms with E-state index in [2.05, 4.69) is 6.58 Å². The third-order valence-corrected chi connectivity index (χ3v) is 2.18. The number of phenols is 1. The maximum absolute atomic E-state index is 12.9. The average Bonchev–Trinajstić information content (AvgIpc) is 2.20. The number of benzene rings is 1. The highest BCUT2D eigenvalue weighted by Crippen LogP contribution is 2.25. The summed E-state index contributed by atoms with van der Waals surface area (Å²) in [7, 11) is 0. The molecule has 0 saturated carbocycles. The molecule has 2 atom stereocenters. The van der Waals surface area contributed by atoms with Crippen molar-refractivity contribution in [2.24, 2.45) is 5.92 Å². The summed E-state index contributed by atoms with van der Waals surface area (Å²) in [6, 6.07) is 3.84. The van der Waals surface area contributed by atoms with Crippen molar-refractivity contribution in [3.05, 3.63) is 42.2 Å². The van der Waals surface area contributed by atoms with Crippen molar-refractivity contribution in [1.82, 2.24) is 0 Å². The molecular weight excluding hydrogens is 183 g/mol. The first kappa shape index (κ1) is 10.7. The molecule has 0 heterocycles. The number of aromatic hydroxyl groups is 1. The Hall–Kier alpha value is -1.35. The Bertz CT molecular complexity index is 336. The van der Waals surface area contributed by atoms with Crippen molar-refractivity contribution in [2.75, 3.05) is 0 Å². The Kier molecular flexibility index (Phi) is 3.25. The van der Waals surface area contributed by atoms with Gasteiger partial charge in [-0.25, -0.2) is 4.39 Å². The molecule has 0 radical (unpaired) electrons. The fourth-order valence-electron chi connectivity index (χ4n) is 1.14. The number of aliphatic hydroxyl groups is 1. The molecule has 0 spiro atoms. The quantitative estimate of drug-likeness (QED) is 0.729. The molecule has 1 rings (SSSR count). The summed E-state index contributed by atoms with van der Waals surface area (Å²) in [5, 5.41) is 18.6. The van der Waals surface area contributed by atoms with Crippen molar-refractivity contribution in [3.63, 3.8) is 0 Å². The molecule has 14 heavy (non-hydrogen) atoms. The largest absolute Gasteiger partial charge is 0.505 e. The van der Waals surface area contributed by atoms with Crippen LogP contribution in [-0.2, 0) is 0 Å². The molecule has 0 aromatic heterocycles. The van der Waals surface area contributed by atoms with Crippen LogP contribution in [0, 0.1) is 11.7 Å². The zero-order valence-electron chi connectivity index (χ0n) is 7.94. The molecule has 0 aliphatic heterocycles. The van der Waals surface area contributed by atoms with Gasteiger partial charge in [0.1, 0.15) is 0 Å². The second-order valence-electron chi connectivity index (χ2n) is 3.25. The van der Waals surface area contributed by atoms with Crippen molar-refractivity contribution < 1.29 is 14.6 Å². The van der Waals surface area contributed by atoms with Crippen LogP contribution in [0.25, 0.3) is 0 Å². The fraction of sp³-hybridized carbons (Fsp3) is 0.273. The molecule has 1 aromatic rings. The van der Waals surface area contributed by atoms with Crippen LogP contribution in [-0.4, -0.2) is 10.2 Å². The topological polar surface area (TPSA) is 40.5 Å². The molecule has 0 aliphatic carbocycles. The monoisotopic (exact) mass is 196 g/mol. The van der Waals surface area contributed by atoms with E-state index in [1.54, 1.807) is 13.0 Å². The highest BCUT2D eigenvalue weighted by Gasteiger charge is 2.14. The number of aliphatic hydroxyl groups excluding tert-OH is 1. The van der Waals surface area contributed by atoms with Crippen LogP contribution in [0.3, 0.4) is 0 Å². The van der Waals surface area contributed by atoms with Gasteiger partial charge in [0.2, 0.25) is 0 Å². The van der Waals surface area contributed by atoms with Crippen LogP contribution in [0.2, 0.25) is 0 Å². The third kappa shape index (κ3) is 2.12. The second-order valence-corrected chi connectivity index (χ2v) is 3.25. The highest BCUT2D eigenvalue weighted by molar-refractivity contribution is 5.29. The molecule has 1 aromatic carbocycles. The third-order valence-electron chi connectivity index (χ3n) is 2.18. The van der Waals surface area contributed by atoms with Crippen LogP contribution in [0.1, 0.15) is 18.6 Å². The summed E-state index contributed by atoms with van der Waals surface area (Å²) in [5.74, 6) is -1.29. The lowest BCUT2D eigenvalue weighted by molar-refractivity contribution is 0.139. The van der Waals surface area contributed by atoms with E-state index in [4.69, 9.17) is 5.11 Å². The molecule has 0 unspecified atom stereocenters. The molecule has 76 valence electrons. The van der Waals surface area contributed by atoms with E-state index in [9.17, 15) is 9.50 Å². The standard InChI is InChI=1S/C11H13FO2/c1-3-7(2)11(14)8-4-5-10(13)9(12)6-8/h3-7,11,13-14H,1H2,2H3/t7-,11-/m0/s1. The van der Waals surface area contributed by atoms with Gasteiger partial charge in [-0.15, -0.1) is 6.58 Å². The summed E-state index contributed by atoms with van der Waals surface area (Å²) in [6.45, 7) is 5.32.